The fourth-order valence-corrected chi connectivity index (χ4v) is 4.16. The van der Waals surface area contributed by atoms with Gasteiger partial charge in [-0.2, -0.15) is 10.5 Å². The molecule has 0 aliphatic heterocycles. The molecule has 2 aromatic heterocycles. The molecule has 0 saturated heterocycles. The maximum atomic E-state index is 14.8. The van der Waals surface area contributed by atoms with Crippen molar-refractivity contribution in [3.8, 4) is 23.5 Å². The number of hydrogen-bond acceptors (Lipinski definition) is 4. The van der Waals surface area contributed by atoms with E-state index in [2.05, 4.69) is 9.97 Å². The van der Waals surface area contributed by atoms with E-state index in [1.165, 1.54) is 18.2 Å². The molecule has 4 nitrogen and oxygen atoms in total. The van der Waals surface area contributed by atoms with Gasteiger partial charge in [0.05, 0.1) is 23.5 Å². The second-order valence-electron chi connectivity index (χ2n) is 6.73. The first kappa shape index (κ1) is 17.7. The molecule has 0 spiro atoms. The van der Waals surface area contributed by atoms with Crippen LogP contribution in [0.1, 0.15) is 22.3 Å². The predicted molar refractivity (Wildman–Crippen MR) is 107 cm³/mol. The Balaban J connectivity index is 1.98. The second-order valence-corrected chi connectivity index (χ2v) is 6.73. The Hall–Kier alpha value is -4.42. The Kier molecular flexibility index (Phi) is 3.87. The lowest BCUT2D eigenvalue weighted by Gasteiger charge is -2.11. The minimum atomic E-state index is -0.790. The number of hydrogen-bond donors (Lipinski definition) is 0. The molecule has 3 aromatic rings. The molecular weight excluding hydrogens is 382 g/mol. The van der Waals surface area contributed by atoms with E-state index in [1.807, 2.05) is 24.3 Å². The largest absolute Gasteiger partial charge is 0.254 e. The van der Waals surface area contributed by atoms with Crippen LogP contribution in [0.15, 0.2) is 66.5 Å². The van der Waals surface area contributed by atoms with Crippen LogP contribution in [0.4, 0.5) is 8.78 Å². The maximum absolute atomic E-state index is 14.8. The third kappa shape index (κ3) is 2.35. The summed E-state index contributed by atoms with van der Waals surface area (Å²) in [4.78, 5) is 8.89. The molecule has 0 radical (unpaired) electrons. The number of fused-ring (bicyclic) bond motifs is 4. The number of allylic oxidation sites excluding steroid dienone is 5. The Labute approximate surface area is 170 Å². The summed E-state index contributed by atoms with van der Waals surface area (Å²) >= 11 is 0. The molecule has 0 fully saturated rings. The molecule has 0 N–H and O–H groups in total. The highest BCUT2D eigenvalue weighted by Gasteiger charge is 2.37. The number of nitrogens with zero attached hydrogens (tertiary/aromatic N) is 4. The summed E-state index contributed by atoms with van der Waals surface area (Å²) in [5, 5.41) is 18.8. The molecule has 2 heterocycles. The fraction of sp³-hybridized carbons (Fsp3) is 0. The second kappa shape index (κ2) is 6.58. The van der Waals surface area contributed by atoms with Crippen LogP contribution in [0.3, 0.4) is 0 Å². The molecule has 2 aliphatic rings. The summed E-state index contributed by atoms with van der Waals surface area (Å²) in [6.45, 7) is 0. The van der Waals surface area contributed by atoms with E-state index in [0.717, 1.165) is 17.2 Å². The zero-order chi connectivity index (χ0) is 20.8. The summed E-state index contributed by atoms with van der Waals surface area (Å²) in [6.07, 6.45) is 5.79. The summed E-state index contributed by atoms with van der Waals surface area (Å²) in [5.41, 5.74) is 4.98. The Morgan fingerprint density at radius 2 is 1.37 bits per heavy atom. The number of pyridine rings is 2. The van der Waals surface area contributed by atoms with Crippen LogP contribution >= 0.6 is 0 Å². The first-order valence-electron chi connectivity index (χ1n) is 9.01. The summed E-state index contributed by atoms with van der Waals surface area (Å²) < 4.78 is 28.9. The van der Waals surface area contributed by atoms with Crippen molar-refractivity contribution in [1.29, 1.82) is 10.5 Å². The van der Waals surface area contributed by atoms with Gasteiger partial charge in [-0.15, -0.1) is 0 Å². The van der Waals surface area contributed by atoms with Gasteiger partial charge in [-0.25, -0.2) is 8.78 Å². The molecule has 2 aliphatic carbocycles. The number of benzene rings is 1. The van der Waals surface area contributed by atoms with Crippen molar-refractivity contribution >= 4 is 16.7 Å². The molecule has 140 valence electrons. The summed E-state index contributed by atoms with van der Waals surface area (Å²) in [5.74, 6) is -1.55. The van der Waals surface area contributed by atoms with Crippen molar-refractivity contribution in [2.24, 2.45) is 0 Å². The van der Waals surface area contributed by atoms with Gasteiger partial charge in [-0.3, -0.25) is 9.97 Å². The first-order valence-corrected chi connectivity index (χ1v) is 9.01. The van der Waals surface area contributed by atoms with E-state index >= 15 is 0 Å². The molecular formula is C24H10F2N4. The van der Waals surface area contributed by atoms with E-state index < -0.39 is 11.6 Å². The van der Waals surface area contributed by atoms with Crippen LogP contribution in [0, 0.1) is 34.3 Å². The highest BCUT2D eigenvalue weighted by molar-refractivity contribution is 6.18. The number of halogens is 2. The molecule has 6 heteroatoms. The van der Waals surface area contributed by atoms with Crippen LogP contribution in [0.2, 0.25) is 0 Å². The molecule has 1 aromatic carbocycles. The molecule has 0 atom stereocenters. The smallest absolute Gasteiger partial charge is 0.134 e. The van der Waals surface area contributed by atoms with Crippen molar-refractivity contribution in [1.82, 2.24) is 9.97 Å². The van der Waals surface area contributed by atoms with Gasteiger partial charge >= 0.3 is 0 Å². The van der Waals surface area contributed by atoms with Crippen molar-refractivity contribution in [3.05, 3.63) is 100 Å². The van der Waals surface area contributed by atoms with Gasteiger partial charge in [-0.1, -0.05) is 12.1 Å². The monoisotopic (exact) mass is 392 g/mol. The van der Waals surface area contributed by atoms with E-state index in [0.29, 0.717) is 33.7 Å². The minimum absolute atomic E-state index is 0.102. The van der Waals surface area contributed by atoms with Gasteiger partial charge < -0.3 is 0 Å². The van der Waals surface area contributed by atoms with E-state index in [1.54, 1.807) is 24.5 Å². The van der Waals surface area contributed by atoms with Gasteiger partial charge in [0.25, 0.3) is 0 Å². The van der Waals surface area contributed by atoms with Crippen molar-refractivity contribution in [3.63, 3.8) is 0 Å². The Bertz CT molecular complexity index is 1380. The fourth-order valence-electron chi connectivity index (χ4n) is 4.16. The molecule has 0 bridgehead atoms. The lowest BCUT2D eigenvalue weighted by atomic mass is 9.91. The summed E-state index contributed by atoms with van der Waals surface area (Å²) in [7, 11) is 0. The standard InChI is InChI=1S/C24H10F2N4/c25-13-11-18-14(5-7-27)21(15(6-8-28)20(18)19(26)12-13)22-16-3-1-9-29-23(16)24-17(22)4-2-10-30-24/h1-6,9-12H/b14-5+,15-6+. The Morgan fingerprint density at radius 1 is 0.767 bits per heavy atom. The van der Waals surface area contributed by atoms with Crippen molar-refractivity contribution in [2.45, 2.75) is 0 Å². The zero-order valence-corrected chi connectivity index (χ0v) is 15.3. The number of aromatic nitrogens is 2. The SMILES string of the molecule is N#C/C=C1/C(=C2c3cccnc3-c3ncccc32)/C(=C/C#N)c2cc(F)cc(F)c21. The number of nitriles is 2. The van der Waals surface area contributed by atoms with E-state index in [-0.39, 0.29) is 11.1 Å². The molecule has 30 heavy (non-hydrogen) atoms. The highest BCUT2D eigenvalue weighted by Crippen LogP contribution is 2.54. The van der Waals surface area contributed by atoms with Crippen molar-refractivity contribution < 1.29 is 8.78 Å². The minimum Gasteiger partial charge on any atom is -0.254 e. The maximum Gasteiger partial charge on any atom is 0.134 e. The zero-order valence-electron chi connectivity index (χ0n) is 15.3. The predicted octanol–water partition coefficient (Wildman–Crippen LogP) is 5.06. The van der Waals surface area contributed by atoms with Crippen molar-refractivity contribution in [2.75, 3.05) is 0 Å². The molecule has 5 rings (SSSR count). The highest BCUT2D eigenvalue weighted by atomic mass is 19.1. The van der Waals surface area contributed by atoms with E-state index in [4.69, 9.17) is 0 Å². The average molecular weight is 392 g/mol. The van der Waals surface area contributed by atoms with Gasteiger partial charge in [0.2, 0.25) is 0 Å². The van der Waals surface area contributed by atoms with Crippen LogP contribution in [0.5, 0.6) is 0 Å². The molecule has 0 unspecified atom stereocenters. The van der Waals surface area contributed by atoms with Gasteiger partial charge in [0, 0.05) is 69.6 Å². The number of rotatable bonds is 0. The molecule has 0 saturated carbocycles. The van der Waals surface area contributed by atoms with Crippen LogP contribution < -0.4 is 0 Å². The lowest BCUT2D eigenvalue weighted by Crippen LogP contribution is -1.92. The van der Waals surface area contributed by atoms with Crippen LogP contribution in [-0.4, -0.2) is 9.97 Å². The quantitative estimate of drug-likeness (QED) is 0.392. The third-order valence-electron chi connectivity index (χ3n) is 5.20. The van der Waals surface area contributed by atoms with Gasteiger partial charge in [-0.05, 0) is 23.8 Å². The third-order valence-corrected chi connectivity index (χ3v) is 5.20. The summed E-state index contributed by atoms with van der Waals surface area (Å²) in [6, 6.07) is 13.2. The average Bonchev–Trinajstić information content (AvgIpc) is 3.22. The molecule has 0 amide bonds. The normalized spacial score (nSPS) is 16.3. The van der Waals surface area contributed by atoms with Crippen LogP contribution in [-0.2, 0) is 0 Å². The topological polar surface area (TPSA) is 73.4 Å². The van der Waals surface area contributed by atoms with Gasteiger partial charge in [0.15, 0.2) is 0 Å². The Morgan fingerprint density at radius 3 is 1.97 bits per heavy atom. The first-order chi connectivity index (χ1) is 14.7. The van der Waals surface area contributed by atoms with Crippen LogP contribution in [0.25, 0.3) is 28.1 Å². The van der Waals surface area contributed by atoms with Gasteiger partial charge in [0.1, 0.15) is 11.6 Å². The van der Waals surface area contributed by atoms with E-state index in [9.17, 15) is 19.3 Å². The lowest BCUT2D eigenvalue weighted by molar-refractivity contribution is 0.581.